The number of rotatable bonds is 4. The van der Waals surface area contributed by atoms with E-state index in [0.29, 0.717) is 5.69 Å². The summed E-state index contributed by atoms with van der Waals surface area (Å²) in [5, 5.41) is 8.62. The Balaban J connectivity index is 2.30. The van der Waals surface area contributed by atoms with E-state index >= 15 is 0 Å². The zero-order chi connectivity index (χ0) is 15.5. The third-order valence-electron chi connectivity index (χ3n) is 3.37. The topological polar surface area (TPSA) is 70.0 Å². The van der Waals surface area contributed by atoms with E-state index in [1.54, 1.807) is 18.2 Å². The Morgan fingerprint density at radius 3 is 2.38 bits per heavy atom. The molecule has 2 rings (SSSR count). The summed E-state index contributed by atoms with van der Waals surface area (Å²) < 4.78 is 27.3. The summed E-state index contributed by atoms with van der Waals surface area (Å²) in [6.45, 7) is 3.81. The van der Waals surface area contributed by atoms with Crippen LogP contribution in [0.15, 0.2) is 47.4 Å². The Morgan fingerprint density at radius 1 is 1.10 bits per heavy atom. The van der Waals surface area contributed by atoms with Gasteiger partial charge in [-0.1, -0.05) is 24.3 Å². The highest BCUT2D eigenvalue weighted by Crippen LogP contribution is 2.22. The monoisotopic (exact) mass is 300 g/mol. The van der Waals surface area contributed by atoms with Crippen molar-refractivity contribution in [3.05, 3.63) is 59.2 Å². The van der Waals surface area contributed by atoms with Crippen LogP contribution in [0.5, 0.6) is 0 Å². The van der Waals surface area contributed by atoms with Crippen molar-refractivity contribution >= 4 is 15.7 Å². The fourth-order valence-corrected chi connectivity index (χ4v) is 3.07. The molecule has 108 valence electrons. The molecule has 0 radical (unpaired) electrons. The van der Waals surface area contributed by atoms with E-state index in [9.17, 15) is 8.42 Å². The van der Waals surface area contributed by atoms with Gasteiger partial charge >= 0.3 is 0 Å². The standard InChI is InChI=1S/C16H16N2O2S/c1-12-4-3-5-16(13(12)2)18-21(19,20)15-8-6-14(7-9-15)10-11-17/h3-9,18H,10H2,1-2H3. The van der Waals surface area contributed by atoms with Crippen LogP contribution >= 0.6 is 0 Å². The summed E-state index contributed by atoms with van der Waals surface area (Å²) in [5.41, 5.74) is 3.31. The van der Waals surface area contributed by atoms with Gasteiger partial charge in [-0.15, -0.1) is 0 Å². The normalized spacial score (nSPS) is 10.9. The quantitative estimate of drug-likeness (QED) is 0.942. The van der Waals surface area contributed by atoms with Crippen LogP contribution in [0.3, 0.4) is 0 Å². The second kappa shape index (κ2) is 5.98. The van der Waals surface area contributed by atoms with Crippen LogP contribution in [0, 0.1) is 25.2 Å². The van der Waals surface area contributed by atoms with Gasteiger partial charge in [-0.25, -0.2) is 8.42 Å². The maximum atomic E-state index is 12.4. The van der Waals surface area contributed by atoms with Crippen LogP contribution in [0.4, 0.5) is 5.69 Å². The summed E-state index contributed by atoms with van der Waals surface area (Å²) in [4.78, 5) is 0.185. The van der Waals surface area contributed by atoms with Crippen molar-refractivity contribution in [3.8, 4) is 6.07 Å². The lowest BCUT2D eigenvalue weighted by molar-refractivity contribution is 0.601. The number of hydrogen-bond donors (Lipinski definition) is 1. The molecule has 2 aromatic carbocycles. The second-order valence-corrected chi connectivity index (χ2v) is 6.51. The highest BCUT2D eigenvalue weighted by Gasteiger charge is 2.15. The smallest absolute Gasteiger partial charge is 0.261 e. The molecule has 0 aromatic heterocycles. The molecule has 0 spiro atoms. The average molecular weight is 300 g/mol. The third-order valence-corrected chi connectivity index (χ3v) is 4.75. The van der Waals surface area contributed by atoms with E-state index < -0.39 is 10.0 Å². The van der Waals surface area contributed by atoms with E-state index in [1.165, 1.54) is 12.1 Å². The van der Waals surface area contributed by atoms with Gasteiger partial charge in [-0.2, -0.15) is 5.26 Å². The van der Waals surface area contributed by atoms with Crippen LogP contribution in [0.2, 0.25) is 0 Å². The van der Waals surface area contributed by atoms with Gasteiger partial charge in [0.05, 0.1) is 23.1 Å². The lowest BCUT2D eigenvalue weighted by Crippen LogP contribution is -2.14. The van der Waals surface area contributed by atoms with E-state index in [4.69, 9.17) is 5.26 Å². The summed E-state index contributed by atoms with van der Waals surface area (Å²) in [5.74, 6) is 0. The molecule has 2 aromatic rings. The largest absolute Gasteiger partial charge is 0.279 e. The third kappa shape index (κ3) is 3.41. The predicted molar refractivity (Wildman–Crippen MR) is 82.5 cm³/mol. The zero-order valence-electron chi connectivity index (χ0n) is 11.9. The molecule has 0 saturated heterocycles. The number of aryl methyl sites for hydroxylation is 1. The van der Waals surface area contributed by atoms with Crippen molar-refractivity contribution in [3.63, 3.8) is 0 Å². The molecule has 0 aliphatic carbocycles. The molecule has 0 bridgehead atoms. The van der Waals surface area contributed by atoms with Gasteiger partial charge < -0.3 is 0 Å². The summed E-state index contributed by atoms with van der Waals surface area (Å²) >= 11 is 0. The fourth-order valence-electron chi connectivity index (χ4n) is 1.94. The molecule has 0 atom stereocenters. The Hall–Kier alpha value is -2.32. The Morgan fingerprint density at radius 2 is 1.76 bits per heavy atom. The number of nitriles is 1. The molecule has 0 aliphatic heterocycles. The minimum absolute atomic E-state index is 0.185. The molecule has 0 saturated carbocycles. The molecule has 1 N–H and O–H groups in total. The van der Waals surface area contributed by atoms with Crippen LogP contribution in [-0.2, 0) is 16.4 Å². The van der Waals surface area contributed by atoms with Gasteiger partial charge in [-0.05, 0) is 48.7 Å². The summed E-state index contributed by atoms with van der Waals surface area (Å²) in [7, 11) is -3.62. The first-order chi connectivity index (χ1) is 9.94. The molecular weight excluding hydrogens is 284 g/mol. The van der Waals surface area contributed by atoms with E-state index in [1.807, 2.05) is 32.0 Å². The Kier molecular flexibility index (Phi) is 4.29. The Bertz CT molecular complexity index is 788. The van der Waals surface area contributed by atoms with Crippen LogP contribution in [0.1, 0.15) is 16.7 Å². The molecular formula is C16H16N2O2S. The van der Waals surface area contributed by atoms with E-state index in [-0.39, 0.29) is 11.3 Å². The van der Waals surface area contributed by atoms with Crippen molar-refractivity contribution in [2.45, 2.75) is 25.2 Å². The van der Waals surface area contributed by atoms with Crippen LogP contribution in [-0.4, -0.2) is 8.42 Å². The average Bonchev–Trinajstić information content (AvgIpc) is 2.45. The van der Waals surface area contributed by atoms with Crippen LogP contribution < -0.4 is 4.72 Å². The number of hydrogen-bond acceptors (Lipinski definition) is 3. The van der Waals surface area contributed by atoms with E-state index in [0.717, 1.165) is 16.7 Å². The fraction of sp³-hybridized carbons (Fsp3) is 0.188. The number of sulfonamides is 1. The minimum atomic E-state index is -3.62. The summed E-state index contributed by atoms with van der Waals surface area (Å²) in [6.07, 6.45) is 0.269. The maximum Gasteiger partial charge on any atom is 0.261 e. The van der Waals surface area contributed by atoms with Crippen molar-refractivity contribution in [1.29, 1.82) is 5.26 Å². The van der Waals surface area contributed by atoms with Crippen molar-refractivity contribution < 1.29 is 8.42 Å². The van der Waals surface area contributed by atoms with Crippen molar-refractivity contribution in [2.75, 3.05) is 4.72 Å². The van der Waals surface area contributed by atoms with Gasteiger partial charge in [0.15, 0.2) is 0 Å². The summed E-state index contributed by atoms with van der Waals surface area (Å²) in [6, 6.07) is 13.9. The van der Waals surface area contributed by atoms with Gasteiger partial charge in [0, 0.05) is 0 Å². The number of anilines is 1. The highest BCUT2D eigenvalue weighted by molar-refractivity contribution is 7.92. The van der Waals surface area contributed by atoms with Crippen molar-refractivity contribution in [2.24, 2.45) is 0 Å². The minimum Gasteiger partial charge on any atom is -0.279 e. The van der Waals surface area contributed by atoms with Gasteiger partial charge in [0.25, 0.3) is 10.0 Å². The van der Waals surface area contributed by atoms with Gasteiger partial charge in [0.2, 0.25) is 0 Å². The van der Waals surface area contributed by atoms with E-state index in [2.05, 4.69) is 4.72 Å². The Labute approximate surface area is 125 Å². The van der Waals surface area contributed by atoms with Crippen LogP contribution in [0.25, 0.3) is 0 Å². The number of nitrogens with one attached hydrogen (secondary N) is 1. The molecule has 0 amide bonds. The first-order valence-corrected chi connectivity index (χ1v) is 7.97. The molecule has 0 fully saturated rings. The molecule has 4 nitrogen and oxygen atoms in total. The van der Waals surface area contributed by atoms with Crippen molar-refractivity contribution in [1.82, 2.24) is 0 Å². The molecule has 0 aliphatic rings. The van der Waals surface area contributed by atoms with Gasteiger partial charge in [0.1, 0.15) is 0 Å². The lowest BCUT2D eigenvalue weighted by atomic mass is 10.1. The zero-order valence-corrected chi connectivity index (χ0v) is 12.7. The predicted octanol–water partition coefficient (Wildman–Crippen LogP) is 3.17. The molecule has 0 heterocycles. The highest BCUT2D eigenvalue weighted by atomic mass is 32.2. The second-order valence-electron chi connectivity index (χ2n) is 4.83. The molecule has 0 unspecified atom stereocenters. The molecule has 21 heavy (non-hydrogen) atoms. The maximum absolute atomic E-state index is 12.4. The first-order valence-electron chi connectivity index (χ1n) is 6.49. The number of benzene rings is 2. The lowest BCUT2D eigenvalue weighted by Gasteiger charge is -2.12. The van der Waals surface area contributed by atoms with Gasteiger partial charge in [-0.3, -0.25) is 4.72 Å². The first kappa shape index (κ1) is 15.1. The number of nitrogens with zero attached hydrogens (tertiary/aromatic N) is 1. The molecule has 5 heteroatoms. The SMILES string of the molecule is Cc1cccc(NS(=O)(=O)c2ccc(CC#N)cc2)c1C.